The Balaban J connectivity index is 1.62. The highest BCUT2D eigenvalue weighted by molar-refractivity contribution is 9.10. The van der Waals surface area contributed by atoms with E-state index in [0.717, 1.165) is 34.5 Å². The highest BCUT2D eigenvalue weighted by Crippen LogP contribution is 2.48. The number of anilines is 1. The van der Waals surface area contributed by atoms with E-state index in [4.69, 9.17) is 0 Å². The van der Waals surface area contributed by atoms with Gasteiger partial charge in [-0.1, -0.05) is 6.42 Å². The van der Waals surface area contributed by atoms with E-state index in [2.05, 4.69) is 21.2 Å². The van der Waals surface area contributed by atoms with Crippen molar-refractivity contribution in [2.75, 3.05) is 11.9 Å². The lowest BCUT2D eigenvalue weighted by Gasteiger charge is -2.22. The lowest BCUT2D eigenvalue weighted by molar-refractivity contribution is -0.384. The van der Waals surface area contributed by atoms with Crippen LogP contribution in [0.15, 0.2) is 22.7 Å². The summed E-state index contributed by atoms with van der Waals surface area (Å²) >= 11 is 3.40. The largest absolute Gasteiger partial charge is 0.384 e. The van der Waals surface area contributed by atoms with Crippen LogP contribution in [0.25, 0.3) is 0 Å². The van der Waals surface area contributed by atoms with Crippen molar-refractivity contribution in [3.8, 4) is 0 Å². The molecule has 2 saturated carbocycles. The Kier molecular flexibility index (Phi) is 3.48. The topological polar surface area (TPSA) is 55.2 Å². The number of nitrogens with one attached hydrogen (secondary N) is 1. The first kappa shape index (κ1) is 12.9. The molecule has 19 heavy (non-hydrogen) atoms. The molecule has 1 aromatic rings. The second kappa shape index (κ2) is 5.12. The molecule has 0 aliphatic heterocycles. The molecule has 0 saturated heterocycles. The third kappa shape index (κ3) is 2.61. The summed E-state index contributed by atoms with van der Waals surface area (Å²) < 4.78 is 0.768. The Morgan fingerprint density at radius 2 is 2.21 bits per heavy atom. The van der Waals surface area contributed by atoms with E-state index in [0.29, 0.717) is 0 Å². The molecule has 1 aromatic carbocycles. The molecule has 2 fully saturated rings. The summed E-state index contributed by atoms with van der Waals surface area (Å²) in [5.74, 6) is 2.63. The van der Waals surface area contributed by atoms with Gasteiger partial charge in [-0.15, -0.1) is 0 Å². The fourth-order valence-corrected chi connectivity index (χ4v) is 4.14. The highest BCUT2D eigenvalue weighted by Gasteiger charge is 2.39. The average Bonchev–Trinajstić information content (AvgIpc) is 2.99. The Hall–Kier alpha value is -1.10. The molecule has 3 atom stereocenters. The van der Waals surface area contributed by atoms with Crippen LogP contribution in [0.2, 0.25) is 0 Å². The van der Waals surface area contributed by atoms with E-state index in [1.165, 1.54) is 25.7 Å². The summed E-state index contributed by atoms with van der Waals surface area (Å²) in [7, 11) is 0. The van der Waals surface area contributed by atoms with Gasteiger partial charge in [0.25, 0.3) is 5.69 Å². The van der Waals surface area contributed by atoms with Gasteiger partial charge in [-0.3, -0.25) is 10.1 Å². The van der Waals surface area contributed by atoms with Gasteiger partial charge >= 0.3 is 0 Å². The molecule has 0 aromatic heterocycles. The van der Waals surface area contributed by atoms with Crippen LogP contribution in [-0.4, -0.2) is 11.5 Å². The maximum atomic E-state index is 10.7. The number of halogens is 1. The number of hydrogen-bond donors (Lipinski definition) is 1. The molecule has 0 amide bonds. The summed E-state index contributed by atoms with van der Waals surface area (Å²) in [4.78, 5) is 10.3. The normalized spacial score (nSPS) is 28.6. The molecule has 0 spiro atoms. The molecule has 2 aliphatic rings. The zero-order valence-corrected chi connectivity index (χ0v) is 12.2. The van der Waals surface area contributed by atoms with E-state index in [9.17, 15) is 10.1 Å². The standard InChI is InChI=1S/C14H17BrN2O2/c15-13-7-12(17(18)19)3-4-14(13)16-8-11-6-9-1-2-10(11)5-9/h3-4,7,9-11,16H,1-2,5-6,8H2. The molecule has 2 bridgehead atoms. The quantitative estimate of drug-likeness (QED) is 0.666. The van der Waals surface area contributed by atoms with Crippen molar-refractivity contribution < 1.29 is 4.92 Å². The Labute approximate surface area is 120 Å². The maximum absolute atomic E-state index is 10.7. The van der Waals surface area contributed by atoms with Crippen LogP contribution in [0.1, 0.15) is 25.7 Å². The van der Waals surface area contributed by atoms with Crippen LogP contribution in [-0.2, 0) is 0 Å². The summed E-state index contributed by atoms with van der Waals surface area (Å²) in [6.07, 6.45) is 5.57. The Morgan fingerprint density at radius 1 is 1.37 bits per heavy atom. The van der Waals surface area contributed by atoms with Crippen LogP contribution >= 0.6 is 15.9 Å². The third-order valence-electron chi connectivity index (χ3n) is 4.60. The highest BCUT2D eigenvalue weighted by atomic mass is 79.9. The minimum Gasteiger partial charge on any atom is -0.384 e. The van der Waals surface area contributed by atoms with Gasteiger partial charge in [0.1, 0.15) is 0 Å². The van der Waals surface area contributed by atoms with Crippen molar-refractivity contribution in [1.82, 2.24) is 0 Å². The van der Waals surface area contributed by atoms with Gasteiger partial charge in [0, 0.05) is 28.8 Å². The number of rotatable bonds is 4. The Bertz CT molecular complexity index is 506. The van der Waals surface area contributed by atoms with Crippen molar-refractivity contribution in [1.29, 1.82) is 0 Å². The number of fused-ring (bicyclic) bond motifs is 2. The molecule has 1 N–H and O–H groups in total. The fraction of sp³-hybridized carbons (Fsp3) is 0.571. The molecule has 0 radical (unpaired) electrons. The monoisotopic (exact) mass is 324 g/mol. The summed E-state index contributed by atoms with van der Waals surface area (Å²) in [5.41, 5.74) is 1.07. The van der Waals surface area contributed by atoms with Gasteiger partial charge in [0.2, 0.25) is 0 Å². The predicted molar refractivity (Wildman–Crippen MR) is 78.2 cm³/mol. The fourth-order valence-electron chi connectivity index (χ4n) is 3.63. The van der Waals surface area contributed by atoms with Crippen molar-refractivity contribution in [3.63, 3.8) is 0 Å². The molecule has 102 valence electrons. The molecular formula is C14H17BrN2O2. The van der Waals surface area contributed by atoms with Crippen LogP contribution < -0.4 is 5.32 Å². The molecule has 2 aliphatic carbocycles. The summed E-state index contributed by atoms with van der Waals surface area (Å²) in [6.45, 7) is 0.984. The smallest absolute Gasteiger partial charge is 0.270 e. The maximum Gasteiger partial charge on any atom is 0.270 e. The van der Waals surface area contributed by atoms with Crippen molar-refractivity contribution in [2.24, 2.45) is 17.8 Å². The molecule has 4 nitrogen and oxygen atoms in total. The van der Waals surface area contributed by atoms with Crippen molar-refractivity contribution in [3.05, 3.63) is 32.8 Å². The van der Waals surface area contributed by atoms with Gasteiger partial charge in [-0.2, -0.15) is 0 Å². The third-order valence-corrected chi connectivity index (χ3v) is 5.26. The van der Waals surface area contributed by atoms with Crippen LogP contribution in [0.3, 0.4) is 0 Å². The van der Waals surface area contributed by atoms with Crippen molar-refractivity contribution >= 4 is 27.3 Å². The molecule has 3 unspecified atom stereocenters. The van der Waals surface area contributed by atoms with E-state index >= 15 is 0 Å². The van der Waals surface area contributed by atoms with Gasteiger partial charge in [-0.25, -0.2) is 0 Å². The second-order valence-electron chi connectivity index (χ2n) is 5.74. The molecule has 0 heterocycles. The Morgan fingerprint density at radius 3 is 2.79 bits per heavy atom. The first-order valence-electron chi connectivity index (χ1n) is 6.81. The predicted octanol–water partition coefficient (Wildman–Crippen LogP) is 4.21. The van der Waals surface area contributed by atoms with Gasteiger partial charge in [0.05, 0.1) is 4.92 Å². The molecular weight excluding hydrogens is 308 g/mol. The first-order chi connectivity index (χ1) is 9.13. The zero-order chi connectivity index (χ0) is 13.4. The van der Waals surface area contributed by atoms with Gasteiger partial charge < -0.3 is 5.32 Å². The SMILES string of the molecule is O=[N+]([O-])c1ccc(NCC2CC3CCC2C3)c(Br)c1. The number of nitro benzene ring substituents is 1. The van der Waals surface area contributed by atoms with E-state index < -0.39 is 0 Å². The number of non-ortho nitro benzene ring substituents is 1. The van der Waals surface area contributed by atoms with E-state index in [1.54, 1.807) is 18.2 Å². The number of nitrogens with zero attached hydrogens (tertiary/aromatic N) is 1. The summed E-state index contributed by atoms with van der Waals surface area (Å²) in [5, 5.41) is 14.1. The van der Waals surface area contributed by atoms with Gasteiger partial charge in [0.15, 0.2) is 0 Å². The second-order valence-corrected chi connectivity index (χ2v) is 6.59. The number of hydrogen-bond acceptors (Lipinski definition) is 3. The minimum atomic E-state index is -0.371. The lowest BCUT2D eigenvalue weighted by atomic mass is 9.89. The number of nitro groups is 1. The van der Waals surface area contributed by atoms with E-state index in [1.807, 2.05) is 0 Å². The number of benzene rings is 1. The first-order valence-corrected chi connectivity index (χ1v) is 7.60. The van der Waals surface area contributed by atoms with E-state index in [-0.39, 0.29) is 10.6 Å². The van der Waals surface area contributed by atoms with Crippen LogP contribution in [0.4, 0.5) is 11.4 Å². The summed E-state index contributed by atoms with van der Waals surface area (Å²) in [6, 6.07) is 4.90. The van der Waals surface area contributed by atoms with Crippen LogP contribution in [0, 0.1) is 27.9 Å². The zero-order valence-electron chi connectivity index (χ0n) is 10.6. The minimum absolute atomic E-state index is 0.123. The van der Waals surface area contributed by atoms with Crippen LogP contribution in [0.5, 0.6) is 0 Å². The molecule has 3 rings (SSSR count). The van der Waals surface area contributed by atoms with Gasteiger partial charge in [-0.05, 0) is 59.0 Å². The lowest BCUT2D eigenvalue weighted by Crippen LogP contribution is -2.20. The average molecular weight is 325 g/mol. The molecule has 5 heteroatoms. The van der Waals surface area contributed by atoms with Crippen molar-refractivity contribution in [2.45, 2.75) is 25.7 Å².